The largest absolute Gasteiger partial charge is 0.507 e. The number of benzene rings is 2. The molecule has 1 saturated heterocycles. The van der Waals surface area contributed by atoms with E-state index in [-0.39, 0.29) is 37.0 Å². The molecule has 33 heavy (non-hydrogen) atoms. The molecule has 5 rings (SSSR count). The van der Waals surface area contributed by atoms with E-state index in [2.05, 4.69) is 52.9 Å². The fourth-order valence-electron chi connectivity index (χ4n) is 5.49. The minimum absolute atomic E-state index is 0. The van der Waals surface area contributed by atoms with E-state index in [1.165, 1.54) is 16.6 Å². The number of para-hydroxylation sites is 1. The molecule has 2 aliphatic heterocycles. The number of halogens is 2. The van der Waals surface area contributed by atoms with Crippen LogP contribution < -0.4 is 5.73 Å². The number of aryl methyl sites for hydroxylation is 2. The molecule has 3 N–H and O–H groups in total. The van der Waals surface area contributed by atoms with Crippen molar-refractivity contribution in [2.75, 3.05) is 19.6 Å². The van der Waals surface area contributed by atoms with E-state index >= 15 is 0 Å². The number of nitrogens with zero attached hydrogens (tertiary/aromatic N) is 2. The highest BCUT2D eigenvalue weighted by Gasteiger charge is 2.35. The number of piperidine rings is 1. The quantitative estimate of drug-likeness (QED) is 0.545. The Labute approximate surface area is 208 Å². The van der Waals surface area contributed by atoms with Crippen LogP contribution >= 0.6 is 24.8 Å². The average molecular weight is 492 g/mol. The van der Waals surface area contributed by atoms with Crippen LogP contribution in [0, 0.1) is 12.8 Å². The summed E-state index contributed by atoms with van der Waals surface area (Å²) in [5.74, 6) is 0.934. The van der Waals surface area contributed by atoms with Gasteiger partial charge in [0.15, 0.2) is 0 Å². The Morgan fingerprint density at radius 2 is 1.82 bits per heavy atom. The first-order valence-electron chi connectivity index (χ1n) is 11.5. The molecule has 7 heteroatoms. The fourth-order valence-corrected chi connectivity index (χ4v) is 5.49. The van der Waals surface area contributed by atoms with Crippen molar-refractivity contribution in [2.45, 2.75) is 44.9 Å². The zero-order valence-corrected chi connectivity index (χ0v) is 21.0. The number of nitrogens with two attached hydrogens (primary N) is 1. The Hall–Kier alpha value is -1.76. The smallest absolute Gasteiger partial charge is 0.122 e. The molecule has 0 aliphatic carbocycles. The summed E-state index contributed by atoms with van der Waals surface area (Å²) in [6, 6.07) is 14.9. The summed E-state index contributed by atoms with van der Waals surface area (Å²) in [6.07, 6.45) is 3.04. The van der Waals surface area contributed by atoms with Crippen molar-refractivity contribution in [3.63, 3.8) is 0 Å². The monoisotopic (exact) mass is 491 g/mol. The van der Waals surface area contributed by atoms with Gasteiger partial charge in [-0.25, -0.2) is 0 Å². The van der Waals surface area contributed by atoms with E-state index in [0.717, 1.165) is 55.6 Å². The SMILES string of the molecule is Cc1ccc2c(c1O)C[C@@H](C1CCN(Cc3cc4ccccc4n3C)CC1)O[C@H]2CN.Cl.Cl. The van der Waals surface area contributed by atoms with Gasteiger partial charge in [0, 0.05) is 43.3 Å². The van der Waals surface area contributed by atoms with E-state index in [1.54, 1.807) is 0 Å². The van der Waals surface area contributed by atoms with E-state index in [0.29, 0.717) is 18.2 Å². The summed E-state index contributed by atoms with van der Waals surface area (Å²) in [5.41, 5.74) is 11.7. The van der Waals surface area contributed by atoms with Gasteiger partial charge in [0.05, 0.1) is 12.2 Å². The van der Waals surface area contributed by atoms with Crippen molar-refractivity contribution in [1.29, 1.82) is 0 Å². The highest BCUT2D eigenvalue weighted by molar-refractivity contribution is 5.85. The van der Waals surface area contributed by atoms with Crippen molar-refractivity contribution < 1.29 is 9.84 Å². The number of phenolic OH excluding ortho intramolecular Hbond substituents is 1. The van der Waals surface area contributed by atoms with Crippen LogP contribution in [0.25, 0.3) is 10.9 Å². The van der Waals surface area contributed by atoms with Crippen molar-refractivity contribution in [1.82, 2.24) is 9.47 Å². The molecule has 1 fully saturated rings. The van der Waals surface area contributed by atoms with Crippen LogP contribution in [0.15, 0.2) is 42.5 Å². The number of rotatable bonds is 4. The molecule has 0 radical (unpaired) electrons. The molecule has 0 amide bonds. The first kappa shape index (κ1) is 25.9. The van der Waals surface area contributed by atoms with Gasteiger partial charge < -0.3 is 20.1 Å². The van der Waals surface area contributed by atoms with Crippen molar-refractivity contribution >= 4 is 35.7 Å². The topological polar surface area (TPSA) is 63.6 Å². The number of ether oxygens (including phenoxy) is 1. The summed E-state index contributed by atoms with van der Waals surface area (Å²) in [7, 11) is 2.17. The summed E-state index contributed by atoms with van der Waals surface area (Å²) >= 11 is 0. The Balaban J connectivity index is 0.00000153. The van der Waals surface area contributed by atoms with Gasteiger partial charge in [0.25, 0.3) is 0 Å². The van der Waals surface area contributed by atoms with Crippen LogP contribution in [0.5, 0.6) is 5.75 Å². The molecule has 5 nitrogen and oxygen atoms in total. The lowest BCUT2D eigenvalue weighted by molar-refractivity contribution is -0.0652. The Bertz CT molecular complexity index is 1090. The van der Waals surface area contributed by atoms with Crippen LogP contribution in [0.3, 0.4) is 0 Å². The zero-order chi connectivity index (χ0) is 21.5. The molecule has 0 saturated carbocycles. The number of fused-ring (bicyclic) bond motifs is 2. The molecule has 180 valence electrons. The lowest BCUT2D eigenvalue weighted by atomic mass is 9.83. The summed E-state index contributed by atoms with van der Waals surface area (Å²) in [4.78, 5) is 2.56. The molecule has 2 atom stereocenters. The maximum absolute atomic E-state index is 10.7. The number of hydrogen-bond acceptors (Lipinski definition) is 4. The van der Waals surface area contributed by atoms with Crippen molar-refractivity contribution in [2.24, 2.45) is 18.7 Å². The Morgan fingerprint density at radius 1 is 1.09 bits per heavy atom. The van der Waals surface area contributed by atoms with Gasteiger partial charge in [0.1, 0.15) is 5.75 Å². The summed E-state index contributed by atoms with van der Waals surface area (Å²) < 4.78 is 8.77. The van der Waals surface area contributed by atoms with Crippen LogP contribution in [-0.4, -0.2) is 40.3 Å². The lowest BCUT2D eigenvalue weighted by Crippen LogP contribution is -2.42. The van der Waals surface area contributed by atoms with Gasteiger partial charge in [-0.1, -0.05) is 30.3 Å². The van der Waals surface area contributed by atoms with Gasteiger partial charge in [-0.05, 0) is 67.4 Å². The third kappa shape index (κ3) is 4.89. The predicted molar refractivity (Wildman–Crippen MR) is 139 cm³/mol. The van der Waals surface area contributed by atoms with E-state index in [1.807, 2.05) is 13.0 Å². The molecular formula is C26H35Cl2N3O2. The van der Waals surface area contributed by atoms with E-state index in [4.69, 9.17) is 10.5 Å². The van der Waals surface area contributed by atoms with Crippen molar-refractivity contribution in [3.8, 4) is 5.75 Å². The molecule has 3 heterocycles. The predicted octanol–water partition coefficient (Wildman–Crippen LogP) is 4.89. The van der Waals surface area contributed by atoms with Crippen LogP contribution in [0.2, 0.25) is 0 Å². The normalized spacial score (nSPS) is 21.3. The summed E-state index contributed by atoms with van der Waals surface area (Å²) in [5, 5.41) is 12.0. The third-order valence-corrected chi connectivity index (χ3v) is 7.42. The van der Waals surface area contributed by atoms with Gasteiger partial charge in [-0.2, -0.15) is 0 Å². The molecular weight excluding hydrogens is 457 g/mol. The number of phenols is 1. The molecule has 0 spiro atoms. The van der Waals surface area contributed by atoms with Gasteiger partial charge in [-0.3, -0.25) is 4.90 Å². The number of likely N-dealkylation sites (tertiary alicyclic amines) is 1. The van der Waals surface area contributed by atoms with Crippen LogP contribution in [-0.2, 0) is 24.8 Å². The van der Waals surface area contributed by atoms with Crippen LogP contribution in [0.1, 0.15) is 41.3 Å². The third-order valence-electron chi connectivity index (χ3n) is 7.42. The molecule has 1 aromatic heterocycles. The maximum Gasteiger partial charge on any atom is 0.122 e. The van der Waals surface area contributed by atoms with E-state index < -0.39 is 0 Å². The second-order valence-corrected chi connectivity index (χ2v) is 9.27. The highest BCUT2D eigenvalue weighted by Crippen LogP contribution is 2.40. The summed E-state index contributed by atoms with van der Waals surface area (Å²) in [6.45, 7) is 5.55. The second kappa shape index (κ2) is 10.7. The standard InChI is InChI=1S/C26H33N3O2.2ClH/c1-17-7-8-21-22(26(17)30)14-24(31-25(21)15-27)18-9-11-29(12-10-18)16-20-13-19-5-3-4-6-23(19)28(20)2;;/h3-8,13,18,24-25,30H,9-12,14-16,27H2,1-2H3;2*1H/t24-,25-;;/m0../s1. The zero-order valence-electron chi connectivity index (χ0n) is 19.4. The average Bonchev–Trinajstić information content (AvgIpc) is 3.11. The molecule has 0 bridgehead atoms. The lowest BCUT2D eigenvalue weighted by Gasteiger charge is -2.40. The molecule has 2 aliphatic rings. The van der Waals surface area contributed by atoms with Gasteiger partial charge >= 0.3 is 0 Å². The molecule has 0 unspecified atom stereocenters. The van der Waals surface area contributed by atoms with E-state index in [9.17, 15) is 5.11 Å². The van der Waals surface area contributed by atoms with Crippen LogP contribution in [0.4, 0.5) is 0 Å². The first-order valence-corrected chi connectivity index (χ1v) is 11.5. The minimum Gasteiger partial charge on any atom is -0.507 e. The first-order chi connectivity index (χ1) is 15.0. The maximum atomic E-state index is 10.7. The van der Waals surface area contributed by atoms with Crippen molar-refractivity contribution in [3.05, 3.63) is 64.8 Å². The highest BCUT2D eigenvalue weighted by atomic mass is 35.5. The second-order valence-electron chi connectivity index (χ2n) is 9.27. The Morgan fingerprint density at radius 3 is 2.52 bits per heavy atom. The minimum atomic E-state index is -0.117. The molecule has 2 aromatic carbocycles. The van der Waals surface area contributed by atoms with Gasteiger partial charge in [0.2, 0.25) is 0 Å². The number of hydrogen-bond donors (Lipinski definition) is 2. The number of aromatic nitrogens is 1. The molecule has 3 aromatic rings. The number of aromatic hydroxyl groups is 1. The Kier molecular flexibility index (Phi) is 8.35. The fraction of sp³-hybridized carbons (Fsp3) is 0.462. The van der Waals surface area contributed by atoms with Gasteiger partial charge in [-0.15, -0.1) is 24.8 Å².